The van der Waals surface area contributed by atoms with Crippen LogP contribution in [0.1, 0.15) is 121 Å². The lowest BCUT2D eigenvalue weighted by Gasteiger charge is -2.50. The maximum atomic E-state index is 13.9. The van der Waals surface area contributed by atoms with E-state index in [2.05, 4.69) is 16.3 Å². The third-order valence-corrected chi connectivity index (χ3v) is 12.0. The number of carbonyl (C=O) groups is 3. The van der Waals surface area contributed by atoms with Gasteiger partial charge < -0.3 is 19.9 Å². The Bertz CT molecular complexity index is 2040. The maximum Gasteiger partial charge on any atom is 0.261 e. The number of imide groups is 1. The average molecular weight is 756 g/mol. The molecular weight excluding hydrogens is 703 g/mol. The van der Waals surface area contributed by atoms with Crippen molar-refractivity contribution >= 4 is 17.7 Å². The Kier molecular flexibility index (Phi) is 11.0. The van der Waals surface area contributed by atoms with E-state index in [0.717, 1.165) is 52.6 Å². The van der Waals surface area contributed by atoms with Crippen LogP contribution in [-0.2, 0) is 27.4 Å². The quantitative estimate of drug-likeness (QED) is 0.166. The molecule has 0 aromatic heterocycles. The molecule has 0 spiro atoms. The number of rotatable bonds is 9. The van der Waals surface area contributed by atoms with Crippen molar-refractivity contribution in [1.82, 2.24) is 15.1 Å². The van der Waals surface area contributed by atoms with E-state index >= 15 is 0 Å². The Morgan fingerprint density at radius 1 is 0.768 bits per heavy atom. The van der Waals surface area contributed by atoms with Crippen LogP contribution in [0.4, 0.5) is 0 Å². The standard InChI is InChI=1S/C47H53N3O6/c1-47(2,3)48-43(52)41-23-22-32-11-4-7-17-40(32)49(41)28-37-26-42(33-20-18-30(29-51)19-21-33)56-46(55-37)36-14-9-13-35(25-36)34-12-8-10-31(24-34)27-50-44(53)38-15-5-6-16-39(38)45(50)54/h5-6,8-10,12-16,18-21,24-25,32,37,40-42,46,51H,4,7,11,17,22-23,26-29H2,1-3H3,(H,48,52)/t32-,37-,40-,41-,42+,46+/m1/s1. The zero-order valence-corrected chi connectivity index (χ0v) is 32.7. The second-order valence-corrected chi connectivity index (χ2v) is 17.1. The number of nitrogens with zero attached hydrogens (tertiary/aromatic N) is 2. The number of ether oxygens (including phenoxy) is 2. The molecule has 3 aliphatic heterocycles. The topological polar surface area (TPSA) is 108 Å². The van der Waals surface area contributed by atoms with Gasteiger partial charge in [-0.1, -0.05) is 85.6 Å². The molecule has 4 aromatic rings. The SMILES string of the molecule is CC(C)(C)NC(=O)[C@H]1CC[C@H]2CCCC[C@H]2N1C[C@H]1C[C@@H](c2ccc(CO)cc2)O[C@@H](c2cccc(-c3cccc(CN4C(=O)c5ccccc5C4=O)c3)c2)O1. The molecule has 3 fully saturated rings. The van der Waals surface area contributed by atoms with E-state index in [1.807, 2.05) is 87.5 Å². The lowest BCUT2D eigenvalue weighted by atomic mass is 9.75. The van der Waals surface area contributed by atoms with Gasteiger partial charge >= 0.3 is 0 Å². The molecule has 6 atom stereocenters. The highest BCUT2D eigenvalue weighted by molar-refractivity contribution is 6.21. The molecular formula is C47H53N3O6. The minimum Gasteiger partial charge on any atom is -0.392 e. The van der Waals surface area contributed by atoms with E-state index in [-0.39, 0.29) is 54.7 Å². The van der Waals surface area contributed by atoms with Crippen molar-refractivity contribution in [3.05, 3.63) is 130 Å². The summed E-state index contributed by atoms with van der Waals surface area (Å²) >= 11 is 0. The largest absolute Gasteiger partial charge is 0.392 e. The molecule has 0 unspecified atom stereocenters. The molecule has 3 heterocycles. The zero-order valence-electron chi connectivity index (χ0n) is 32.7. The van der Waals surface area contributed by atoms with Gasteiger partial charge in [-0.25, -0.2) is 0 Å². The Morgan fingerprint density at radius 2 is 1.46 bits per heavy atom. The molecule has 2 saturated heterocycles. The summed E-state index contributed by atoms with van der Waals surface area (Å²) in [6.07, 6.45) is 6.16. The van der Waals surface area contributed by atoms with Crippen LogP contribution in [0.15, 0.2) is 97.1 Å². The monoisotopic (exact) mass is 755 g/mol. The fraction of sp³-hybridized carbons (Fsp3) is 0.426. The van der Waals surface area contributed by atoms with Crippen molar-refractivity contribution in [2.24, 2.45) is 5.92 Å². The number of hydrogen-bond acceptors (Lipinski definition) is 7. The maximum absolute atomic E-state index is 13.9. The number of hydrogen-bond donors (Lipinski definition) is 2. The van der Waals surface area contributed by atoms with E-state index in [1.54, 1.807) is 24.3 Å². The van der Waals surface area contributed by atoms with Crippen molar-refractivity contribution < 1.29 is 29.0 Å². The Balaban J connectivity index is 1.06. The summed E-state index contributed by atoms with van der Waals surface area (Å²) in [5, 5.41) is 13.0. The van der Waals surface area contributed by atoms with Crippen molar-refractivity contribution in [1.29, 1.82) is 0 Å². The number of fused-ring (bicyclic) bond motifs is 2. The van der Waals surface area contributed by atoms with E-state index in [0.29, 0.717) is 36.1 Å². The number of piperidine rings is 1. The van der Waals surface area contributed by atoms with Crippen molar-refractivity contribution in [3.63, 3.8) is 0 Å². The molecule has 9 nitrogen and oxygen atoms in total. The molecule has 2 N–H and O–H groups in total. The zero-order chi connectivity index (χ0) is 39.0. The summed E-state index contributed by atoms with van der Waals surface area (Å²) < 4.78 is 13.7. The van der Waals surface area contributed by atoms with Crippen LogP contribution in [0.3, 0.4) is 0 Å². The predicted molar refractivity (Wildman–Crippen MR) is 214 cm³/mol. The third-order valence-electron chi connectivity index (χ3n) is 12.0. The van der Waals surface area contributed by atoms with Crippen molar-refractivity contribution in [2.75, 3.05) is 6.54 Å². The highest BCUT2D eigenvalue weighted by atomic mass is 16.7. The van der Waals surface area contributed by atoms with Gasteiger partial charge in [0.1, 0.15) is 0 Å². The molecule has 8 rings (SSSR count). The Morgan fingerprint density at radius 3 is 2.18 bits per heavy atom. The number of carbonyl (C=O) groups excluding carboxylic acids is 3. The van der Waals surface area contributed by atoms with Gasteiger partial charge in [0.25, 0.3) is 11.8 Å². The summed E-state index contributed by atoms with van der Waals surface area (Å²) in [4.78, 5) is 43.9. The number of aliphatic hydroxyl groups is 1. The minimum absolute atomic E-state index is 0.0258. The Labute approximate surface area is 330 Å². The number of nitrogens with one attached hydrogen (secondary N) is 1. The summed E-state index contributed by atoms with van der Waals surface area (Å²) in [5.74, 6) is 0.136. The van der Waals surface area contributed by atoms with Crippen LogP contribution in [0.2, 0.25) is 0 Å². The fourth-order valence-corrected chi connectivity index (χ4v) is 9.28. The average Bonchev–Trinajstić information content (AvgIpc) is 3.45. The van der Waals surface area contributed by atoms with Crippen LogP contribution >= 0.6 is 0 Å². The lowest BCUT2D eigenvalue weighted by molar-refractivity contribution is -0.255. The third kappa shape index (κ3) is 8.09. The van der Waals surface area contributed by atoms with Crippen molar-refractivity contribution in [2.45, 2.75) is 115 Å². The van der Waals surface area contributed by atoms with Crippen LogP contribution in [-0.4, -0.2) is 62.9 Å². The lowest BCUT2D eigenvalue weighted by Crippen LogP contribution is -2.61. The second kappa shape index (κ2) is 16.1. The number of aliphatic hydroxyl groups excluding tert-OH is 1. The molecule has 292 valence electrons. The van der Waals surface area contributed by atoms with Gasteiger partial charge in [0.05, 0.1) is 42.5 Å². The molecule has 3 amide bonds. The number of benzene rings is 4. The molecule has 4 aromatic carbocycles. The smallest absolute Gasteiger partial charge is 0.261 e. The first kappa shape index (κ1) is 38.2. The first-order chi connectivity index (χ1) is 27.0. The Hall–Kier alpha value is -4.67. The predicted octanol–water partition coefficient (Wildman–Crippen LogP) is 8.13. The first-order valence-corrected chi connectivity index (χ1v) is 20.3. The molecule has 4 aliphatic rings. The molecule has 1 aliphatic carbocycles. The molecule has 56 heavy (non-hydrogen) atoms. The van der Waals surface area contributed by atoms with Gasteiger partial charge in [-0.05, 0) is 104 Å². The van der Waals surface area contributed by atoms with E-state index < -0.39 is 6.29 Å². The molecule has 9 heteroatoms. The number of likely N-dealkylation sites (tertiary alicyclic amines) is 1. The highest BCUT2D eigenvalue weighted by Crippen LogP contribution is 2.42. The van der Waals surface area contributed by atoms with Gasteiger partial charge in [0.15, 0.2) is 6.29 Å². The van der Waals surface area contributed by atoms with E-state index in [4.69, 9.17) is 9.47 Å². The minimum atomic E-state index is -0.661. The van der Waals surface area contributed by atoms with Gasteiger partial charge in [-0.2, -0.15) is 0 Å². The molecule has 0 radical (unpaired) electrons. The molecule has 1 saturated carbocycles. The van der Waals surface area contributed by atoms with E-state index in [1.165, 1.54) is 24.2 Å². The summed E-state index contributed by atoms with van der Waals surface area (Å²) in [6, 6.07) is 31.2. The summed E-state index contributed by atoms with van der Waals surface area (Å²) in [7, 11) is 0. The second-order valence-electron chi connectivity index (χ2n) is 17.1. The number of amides is 3. The summed E-state index contributed by atoms with van der Waals surface area (Å²) in [6.45, 7) is 6.91. The van der Waals surface area contributed by atoms with Crippen LogP contribution in [0, 0.1) is 5.92 Å². The van der Waals surface area contributed by atoms with Gasteiger partial charge in [-0.3, -0.25) is 24.2 Å². The first-order valence-electron chi connectivity index (χ1n) is 20.3. The van der Waals surface area contributed by atoms with Gasteiger partial charge in [0, 0.05) is 30.1 Å². The normalized spacial score (nSPS) is 25.5. The van der Waals surface area contributed by atoms with Crippen LogP contribution < -0.4 is 5.32 Å². The fourth-order valence-electron chi connectivity index (χ4n) is 9.28. The summed E-state index contributed by atoms with van der Waals surface area (Å²) in [5.41, 5.74) is 6.08. The van der Waals surface area contributed by atoms with Crippen molar-refractivity contribution in [3.8, 4) is 11.1 Å². The van der Waals surface area contributed by atoms with Crippen LogP contribution in [0.5, 0.6) is 0 Å². The van der Waals surface area contributed by atoms with Gasteiger partial charge in [0.2, 0.25) is 5.91 Å². The van der Waals surface area contributed by atoms with Crippen LogP contribution in [0.25, 0.3) is 11.1 Å². The molecule has 0 bridgehead atoms. The highest BCUT2D eigenvalue weighted by Gasteiger charge is 2.44. The van der Waals surface area contributed by atoms with E-state index in [9.17, 15) is 19.5 Å². The van der Waals surface area contributed by atoms with Gasteiger partial charge in [-0.15, -0.1) is 0 Å².